The quantitative estimate of drug-likeness (QED) is 0.866. The van der Waals surface area contributed by atoms with Gasteiger partial charge in [-0.1, -0.05) is 23.8 Å². The Hall–Kier alpha value is -1.88. The number of benzene rings is 1. The van der Waals surface area contributed by atoms with Gasteiger partial charge in [0.05, 0.1) is 0 Å². The summed E-state index contributed by atoms with van der Waals surface area (Å²) >= 11 is 0. The minimum atomic E-state index is 0.00492. The van der Waals surface area contributed by atoms with E-state index in [1.54, 1.807) is 7.05 Å². The fourth-order valence-corrected chi connectivity index (χ4v) is 3.68. The van der Waals surface area contributed by atoms with Crippen molar-refractivity contribution in [1.82, 2.24) is 19.2 Å². The van der Waals surface area contributed by atoms with Crippen LogP contribution in [0.15, 0.2) is 23.0 Å². The molecule has 1 fully saturated rings. The Morgan fingerprint density at radius 1 is 1.21 bits per heavy atom. The Morgan fingerprint density at radius 2 is 1.92 bits per heavy atom. The van der Waals surface area contributed by atoms with E-state index in [9.17, 15) is 4.79 Å². The van der Waals surface area contributed by atoms with Crippen LogP contribution in [-0.4, -0.2) is 32.3 Å². The highest BCUT2D eigenvalue weighted by atomic mass is 16.2. The van der Waals surface area contributed by atoms with Crippen LogP contribution in [0.2, 0.25) is 0 Å². The van der Waals surface area contributed by atoms with Crippen molar-refractivity contribution in [3.63, 3.8) is 0 Å². The molecule has 5 nitrogen and oxygen atoms in total. The van der Waals surface area contributed by atoms with Gasteiger partial charge in [0.2, 0.25) is 0 Å². The van der Waals surface area contributed by atoms with Crippen LogP contribution in [0.1, 0.15) is 48.2 Å². The van der Waals surface area contributed by atoms with E-state index in [-0.39, 0.29) is 5.69 Å². The molecule has 0 bridgehead atoms. The monoisotopic (exact) mass is 328 g/mol. The Kier molecular flexibility index (Phi) is 4.90. The predicted octanol–water partition coefficient (Wildman–Crippen LogP) is 2.60. The molecule has 0 saturated carbocycles. The van der Waals surface area contributed by atoms with E-state index in [1.807, 2.05) is 11.5 Å². The molecule has 5 heteroatoms. The molecule has 0 spiro atoms. The number of likely N-dealkylation sites (tertiary alicyclic amines) is 1. The topological polar surface area (TPSA) is 43.1 Å². The molecule has 0 unspecified atom stereocenters. The molecular formula is C19H28N4O. The molecule has 1 aliphatic rings. The molecule has 2 aromatic rings. The first-order valence-corrected chi connectivity index (χ1v) is 8.91. The van der Waals surface area contributed by atoms with E-state index in [4.69, 9.17) is 0 Å². The molecule has 1 aliphatic heterocycles. The van der Waals surface area contributed by atoms with Crippen LogP contribution in [-0.2, 0) is 20.1 Å². The molecular weight excluding hydrogens is 300 g/mol. The highest BCUT2D eigenvalue weighted by Gasteiger charge is 2.26. The first kappa shape index (κ1) is 17.0. The Bertz CT molecular complexity index is 766. The first-order chi connectivity index (χ1) is 11.5. The normalized spacial score (nSPS) is 16.7. The smallest absolute Gasteiger partial charge is 0.299 e. The molecule has 0 aliphatic carbocycles. The van der Waals surface area contributed by atoms with Crippen LogP contribution >= 0.6 is 0 Å². The lowest BCUT2D eigenvalue weighted by atomic mass is 9.95. The standard InChI is InChI=1S/C19H28N4O/c1-5-23-18(20-21(4)19(23)24)16-8-10-22(11-9-16)13-17-12-14(2)6-7-15(17)3/h6-7,12,16H,5,8-11,13H2,1-4H3. The van der Waals surface area contributed by atoms with Gasteiger partial charge in [0.25, 0.3) is 0 Å². The molecule has 3 rings (SSSR count). The van der Waals surface area contributed by atoms with Crippen molar-refractivity contribution in [2.45, 2.75) is 52.6 Å². The average Bonchev–Trinajstić information content (AvgIpc) is 2.86. The summed E-state index contributed by atoms with van der Waals surface area (Å²) in [6, 6.07) is 6.69. The van der Waals surface area contributed by atoms with Crippen LogP contribution < -0.4 is 5.69 Å². The molecule has 1 aromatic carbocycles. The van der Waals surface area contributed by atoms with Gasteiger partial charge in [0, 0.05) is 26.1 Å². The summed E-state index contributed by atoms with van der Waals surface area (Å²) in [4.78, 5) is 14.6. The lowest BCUT2D eigenvalue weighted by Gasteiger charge is -2.32. The molecule has 1 saturated heterocycles. The summed E-state index contributed by atoms with van der Waals surface area (Å²) < 4.78 is 3.30. The second-order valence-corrected chi connectivity index (χ2v) is 6.99. The molecule has 2 heterocycles. The van der Waals surface area contributed by atoms with E-state index in [1.165, 1.54) is 21.4 Å². The Labute approximate surface area is 143 Å². The van der Waals surface area contributed by atoms with Gasteiger partial charge >= 0.3 is 5.69 Å². The highest BCUT2D eigenvalue weighted by molar-refractivity contribution is 5.30. The van der Waals surface area contributed by atoms with Gasteiger partial charge < -0.3 is 0 Å². The van der Waals surface area contributed by atoms with Crippen molar-refractivity contribution in [3.05, 3.63) is 51.2 Å². The number of nitrogens with zero attached hydrogens (tertiary/aromatic N) is 4. The number of hydrogen-bond acceptors (Lipinski definition) is 3. The predicted molar refractivity (Wildman–Crippen MR) is 96.3 cm³/mol. The van der Waals surface area contributed by atoms with Gasteiger partial charge in [-0.15, -0.1) is 0 Å². The number of hydrogen-bond donors (Lipinski definition) is 0. The van der Waals surface area contributed by atoms with E-state index < -0.39 is 0 Å². The van der Waals surface area contributed by atoms with Gasteiger partial charge in [-0.3, -0.25) is 9.47 Å². The maximum absolute atomic E-state index is 12.1. The lowest BCUT2D eigenvalue weighted by molar-refractivity contribution is 0.199. The zero-order valence-electron chi connectivity index (χ0n) is 15.2. The maximum Gasteiger partial charge on any atom is 0.345 e. The van der Waals surface area contributed by atoms with E-state index in [0.29, 0.717) is 12.5 Å². The number of aryl methyl sites for hydroxylation is 3. The van der Waals surface area contributed by atoms with Crippen molar-refractivity contribution in [2.75, 3.05) is 13.1 Å². The minimum Gasteiger partial charge on any atom is -0.299 e. The first-order valence-electron chi connectivity index (χ1n) is 8.91. The molecule has 0 N–H and O–H groups in total. The van der Waals surface area contributed by atoms with Gasteiger partial charge in [0.15, 0.2) is 0 Å². The molecule has 24 heavy (non-hydrogen) atoms. The Morgan fingerprint density at radius 3 is 2.58 bits per heavy atom. The second kappa shape index (κ2) is 6.93. The average molecular weight is 328 g/mol. The maximum atomic E-state index is 12.1. The van der Waals surface area contributed by atoms with E-state index in [0.717, 1.165) is 38.3 Å². The van der Waals surface area contributed by atoms with Crippen molar-refractivity contribution < 1.29 is 0 Å². The van der Waals surface area contributed by atoms with Crippen LogP contribution in [0.4, 0.5) is 0 Å². The van der Waals surface area contributed by atoms with Crippen LogP contribution in [0, 0.1) is 13.8 Å². The van der Waals surface area contributed by atoms with Crippen molar-refractivity contribution >= 4 is 0 Å². The van der Waals surface area contributed by atoms with Gasteiger partial charge in [-0.2, -0.15) is 5.10 Å². The highest BCUT2D eigenvalue weighted by Crippen LogP contribution is 2.27. The third kappa shape index (κ3) is 3.31. The second-order valence-electron chi connectivity index (χ2n) is 6.99. The molecule has 1 aromatic heterocycles. The summed E-state index contributed by atoms with van der Waals surface area (Å²) in [6.07, 6.45) is 2.14. The van der Waals surface area contributed by atoms with Crippen molar-refractivity contribution in [3.8, 4) is 0 Å². The Balaban J connectivity index is 1.67. The van der Waals surface area contributed by atoms with Crippen molar-refractivity contribution in [2.24, 2.45) is 7.05 Å². The fourth-order valence-electron chi connectivity index (χ4n) is 3.68. The van der Waals surface area contributed by atoms with Gasteiger partial charge in [-0.05, 0) is 57.8 Å². The van der Waals surface area contributed by atoms with Crippen LogP contribution in [0.3, 0.4) is 0 Å². The summed E-state index contributed by atoms with van der Waals surface area (Å²) in [5, 5.41) is 4.49. The minimum absolute atomic E-state index is 0.00492. The summed E-state index contributed by atoms with van der Waals surface area (Å²) in [5.74, 6) is 1.37. The molecule has 0 atom stereocenters. The van der Waals surface area contributed by atoms with Gasteiger partial charge in [-0.25, -0.2) is 9.48 Å². The zero-order chi connectivity index (χ0) is 17.3. The third-order valence-corrected chi connectivity index (χ3v) is 5.20. The van der Waals surface area contributed by atoms with Gasteiger partial charge in [0.1, 0.15) is 5.82 Å². The summed E-state index contributed by atoms with van der Waals surface area (Å²) in [7, 11) is 1.74. The molecule has 130 valence electrons. The van der Waals surface area contributed by atoms with Crippen molar-refractivity contribution in [1.29, 1.82) is 0 Å². The summed E-state index contributed by atoms with van der Waals surface area (Å²) in [6.45, 7) is 10.2. The van der Waals surface area contributed by atoms with E-state index in [2.05, 4.69) is 42.0 Å². The number of rotatable bonds is 4. The SMILES string of the molecule is CCn1c(C2CCN(Cc3cc(C)ccc3C)CC2)nn(C)c1=O. The lowest BCUT2D eigenvalue weighted by Crippen LogP contribution is -2.34. The molecule has 0 amide bonds. The summed E-state index contributed by atoms with van der Waals surface area (Å²) in [5.41, 5.74) is 4.13. The fraction of sp³-hybridized carbons (Fsp3) is 0.579. The number of piperidine rings is 1. The molecule has 0 radical (unpaired) electrons. The largest absolute Gasteiger partial charge is 0.345 e. The van der Waals surface area contributed by atoms with Crippen LogP contribution in [0.5, 0.6) is 0 Å². The number of aromatic nitrogens is 3. The van der Waals surface area contributed by atoms with E-state index >= 15 is 0 Å². The third-order valence-electron chi connectivity index (χ3n) is 5.20. The zero-order valence-corrected chi connectivity index (χ0v) is 15.2. The van der Waals surface area contributed by atoms with Crippen LogP contribution in [0.25, 0.3) is 0 Å².